The lowest BCUT2D eigenvalue weighted by Crippen LogP contribution is -2.39. The molecule has 114 valence electrons. The Labute approximate surface area is 129 Å². The Balaban J connectivity index is 1.65. The van der Waals surface area contributed by atoms with Crippen LogP contribution in [-0.4, -0.2) is 34.1 Å². The molecule has 3 heterocycles. The normalized spacial score (nSPS) is 20.4. The molecule has 1 aromatic heterocycles. The van der Waals surface area contributed by atoms with Gasteiger partial charge >= 0.3 is 0 Å². The fraction of sp³-hybridized carbons (Fsp3) is 0.412. The molecule has 0 fully saturated rings. The highest BCUT2D eigenvalue weighted by molar-refractivity contribution is 5.94. The van der Waals surface area contributed by atoms with E-state index in [9.17, 15) is 4.79 Å². The van der Waals surface area contributed by atoms with Gasteiger partial charge in [0.1, 0.15) is 0 Å². The summed E-state index contributed by atoms with van der Waals surface area (Å²) in [7, 11) is 0. The lowest BCUT2D eigenvalue weighted by Gasteiger charge is -2.35. The van der Waals surface area contributed by atoms with Gasteiger partial charge in [-0.15, -0.1) is 0 Å². The van der Waals surface area contributed by atoms with Gasteiger partial charge in [-0.05, 0) is 24.5 Å². The van der Waals surface area contributed by atoms with Gasteiger partial charge in [0, 0.05) is 37.3 Å². The average molecular weight is 296 g/mol. The molecule has 1 atom stereocenters. The van der Waals surface area contributed by atoms with Crippen molar-refractivity contribution in [1.82, 2.24) is 20.4 Å². The van der Waals surface area contributed by atoms with E-state index in [0.29, 0.717) is 5.69 Å². The molecule has 22 heavy (non-hydrogen) atoms. The highest BCUT2D eigenvalue weighted by Crippen LogP contribution is 2.31. The Morgan fingerprint density at radius 1 is 1.32 bits per heavy atom. The Morgan fingerprint density at radius 3 is 3.09 bits per heavy atom. The van der Waals surface area contributed by atoms with Crippen LogP contribution in [0.2, 0.25) is 0 Å². The second kappa shape index (κ2) is 5.25. The molecule has 0 saturated heterocycles. The third-order valence-electron chi connectivity index (χ3n) is 4.86. The van der Waals surface area contributed by atoms with Crippen molar-refractivity contribution in [3.05, 3.63) is 52.3 Å². The molecule has 0 saturated carbocycles. The second-order valence-electron chi connectivity index (χ2n) is 6.08. The number of hydrogen-bond acceptors (Lipinski definition) is 3. The van der Waals surface area contributed by atoms with E-state index in [4.69, 9.17) is 0 Å². The van der Waals surface area contributed by atoms with Crippen LogP contribution in [0.4, 0.5) is 0 Å². The van der Waals surface area contributed by atoms with Crippen molar-refractivity contribution in [1.29, 1.82) is 0 Å². The molecule has 5 nitrogen and oxygen atoms in total. The third-order valence-corrected chi connectivity index (χ3v) is 4.86. The zero-order valence-corrected chi connectivity index (χ0v) is 12.7. The number of rotatable bonds is 1. The molecule has 4 rings (SSSR count). The highest BCUT2D eigenvalue weighted by Gasteiger charge is 2.31. The lowest BCUT2D eigenvalue weighted by atomic mass is 9.93. The maximum absolute atomic E-state index is 13.0. The minimum atomic E-state index is 0.0446. The molecule has 1 unspecified atom stereocenters. The molecule has 0 aliphatic carbocycles. The number of H-pyrrole nitrogens is 1. The van der Waals surface area contributed by atoms with Gasteiger partial charge in [0.25, 0.3) is 5.91 Å². The minimum Gasteiger partial charge on any atom is -0.330 e. The van der Waals surface area contributed by atoms with Crippen molar-refractivity contribution >= 4 is 5.91 Å². The second-order valence-corrected chi connectivity index (χ2v) is 6.08. The van der Waals surface area contributed by atoms with E-state index in [1.807, 2.05) is 11.0 Å². The van der Waals surface area contributed by atoms with E-state index >= 15 is 0 Å². The number of amides is 1. The lowest BCUT2D eigenvalue weighted by molar-refractivity contribution is 0.0670. The SMILES string of the molecule is CC1c2ccccc2CCN1C(=O)c1n[nH]c2c1CNCC2. The van der Waals surface area contributed by atoms with Crippen LogP contribution in [0.1, 0.15) is 45.8 Å². The quantitative estimate of drug-likeness (QED) is 0.844. The summed E-state index contributed by atoms with van der Waals surface area (Å²) in [5, 5.41) is 10.7. The number of fused-ring (bicyclic) bond motifs is 2. The molecule has 0 bridgehead atoms. The van der Waals surface area contributed by atoms with Crippen LogP contribution in [-0.2, 0) is 19.4 Å². The monoisotopic (exact) mass is 296 g/mol. The number of aromatic nitrogens is 2. The van der Waals surface area contributed by atoms with Crippen molar-refractivity contribution in [3.63, 3.8) is 0 Å². The van der Waals surface area contributed by atoms with E-state index in [1.165, 1.54) is 11.1 Å². The summed E-state index contributed by atoms with van der Waals surface area (Å²) in [5.41, 5.74) is 5.34. The van der Waals surface area contributed by atoms with Gasteiger partial charge in [0.05, 0.1) is 6.04 Å². The van der Waals surface area contributed by atoms with Gasteiger partial charge < -0.3 is 10.2 Å². The van der Waals surface area contributed by atoms with Crippen molar-refractivity contribution in [2.75, 3.05) is 13.1 Å². The predicted octanol–water partition coefficient (Wildman–Crippen LogP) is 1.81. The Bertz CT molecular complexity index is 721. The van der Waals surface area contributed by atoms with Crippen molar-refractivity contribution in [3.8, 4) is 0 Å². The van der Waals surface area contributed by atoms with Crippen molar-refractivity contribution in [2.24, 2.45) is 0 Å². The van der Waals surface area contributed by atoms with Crippen LogP contribution in [0.5, 0.6) is 0 Å². The fourth-order valence-electron chi connectivity index (χ4n) is 3.59. The summed E-state index contributed by atoms with van der Waals surface area (Å²) in [5.74, 6) is 0.0446. The first-order valence-electron chi connectivity index (χ1n) is 7.91. The number of aromatic amines is 1. The summed E-state index contributed by atoms with van der Waals surface area (Å²) >= 11 is 0. The third kappa shape index (κ3) is 2.04. The topological polar surface area (TPSA) is 61.0 Å². The predicted molar refractivity (Wildman–Crippen MR) is 83.6 cm³/mol. The van der Waals surface area contributed by atoms with Gasteiger partial charge in [-0.2, -0.15) is 5.10 Å². The summed E-state index contributed by atoms with van der Waals surface area (Å²) in [4.78, 5) is 14.9. The van der Waals surface area contributed by atoms with Gasteiger partial charge in [-0.1, -0.05) is 24.3 Å². The first-order valence-corrected chi connectivity index (χ1v) is 7.91. The zero-order valence-electron chi connectivity index (χ0n) is 12.7. The van der Waals surface area contributed by atoms with Crippen LogP contribution in [0.15, 0.2) is 24.3 Å². The van der Waals surface area contributed by atoms with Crippen LogP contribution < -0.4 is 5.32 Å². The minimum absolute atomic E-state index is 0.0446. The summed E-state index contributed by atoms with van der Waals surface area (Å²) in [6, 6.07) is 8.50. The van der Waals surface area contributed by atoms with Gasteiger partial charge in [-0.25, -0.2) is 0 Å². The Hall–Kier alpha value is -2.14. The van der Waals surface area contributed by atoms with E-state index in [2.05, 4.69) is 40.6 Å². The number of carbonyl (C=O) groups is 1. The standard InChI is InChI=1S/C17H20N4O/c1-11-13-5-3-2-4-12(13)7-9-21(11)17(22)16-14-10-18-8-6-15(14)19-20-16/h2-5,11,18H,6-10H2,1H3,(H,19,20). The maximum Gasteiger partial charge on any atom is 0.275 e. The van der Waals surface area contributed by atoms with Crippen molar-refractivity contribution < 1.29 is 4.79 Å². The van der Waals surface area contributed by atoms with E-state index in [1.54, 1.807) is 0 Å². The van der Waals surface area contributed by atoms with E-state index in [-0.39, 0.29) is 11.9 Å². The Morgan fingerprint density at radius 2 is 2.18 bits per heavy atom. The Kier molecular flexibility index (Phi) is 3.22. The number of hydrogen-bond donors (Lipinski definition) is 2. The fourth-order valence-corrected chi connectivity index (χ4v) is 3.59. The van der Waals surface area contributed by atoms with Crippen molar-refractivity contribution in [2.45, 2.75) is 32.4 Å². The van der Waals surface area contributed by atoms with E-state index < -0.39 is 0 Å². The largest absolute Gasteiger partial charge is 0.330 e. The van der Waals surface area contributed by atoms with Crippen LogP contribution >= 0.6 is 0 Å². The molecule has 1 aromatic carbocycles. The van der Waals surface area contributed by atoms with Gasteiger partial charge in [0.2, 0.25) is 0 Å². The summed E-state index contributed by atoms with van der Waals surface area (Å²) in [6.07, 6.45) is 1.82. The molecule has 0 spiro atoms. The summed E-state index contributed by atoms with van der Waals surface area (Å²) in [6.45, 7) is 4.53. The number of nitrogens with one attached hydrogen (secondary N) is 2. The highest BCUT2D eigenvalue weighted by atomic mass is 16.2. The van der Waals surface area contributed by atoms with Crippen LogP contribution in [0, 0.1) is 0 Å². The molecule has 2 aliphatic heterocycles. The zero-order chi connectivity index (χ0) is 15.1. The first kappa shape index (κ1) is 13.5. The molecule has 2 aliphatic rings. The number of benzene rings is 1. The average Bonchev–Trinajstić information content (AvgIpc) is 2.99. The summed E-state index contributed by atoms with van der Waals surface area (Å²) < 4.78 is 0. The van der Waals surface area contributed by atoms with Gasteiger partial charge in [-0.3, -0.25) is 9.89 Å². The van der Waals surface area contributed by atoms with E-state index in [0.717, 1.165) is 43.7 Å². The molecular formula is C17H20N4O. The maximum atomic E-state index is 13.0. The molecule has 2 aromatic rings. The molecular weight excluding hydrogens is 276 g/mol. The molecule has 1 amide bonds. The molecule has 5 heteroatoms. The van der Waals surface area contributed by atoms with Crippen LogP contribution in [0.3, 0.4) is 0 Å². The van der Waals surface area contributed by atoms with Gasteiger partial charge in [0.15, 0.2) is 5.69 Å². The first-order chi connectivity index (χ1) is 10.8. The molecule has 0 radical (unpaired) electrons. The number of nitrogens with zero attached hydrogens (tertiary/aromatic N) is 2. The number of carbonyl (C=O) groups excluding carboxylic acids is 1. The van der Waals surface area contributed by atoms with Crippen LogP contribution in [0.25, 0.3) is 0 Å². The molecule has 2 N–H and O–H groups in total. The smallest absolute Gasteiger partial charge is 0.275 e.